The van der Waals surface area contributed by atoms with E-state index in [0.29, 0.717) is 29.7 Å². The number of aromatic amines is 1. The third-order valence-electron chi connectivity index (χ3n) is 4.91. The van der Waals surface area contributed by atoms with Crippen LogP contribution >= 0.6 is 0 Å². The van der Waals surface area contributed by atoms with Crippen LogP contribution in [-0.4, -0.2) is 30.1 Å². The summed E-state index contributed by atoms with van der Waals surface area (Å²) in [5, 5.41) is 5.97. The first-order valence-electron chi connectivity index (χ1n) is 9.75. The number of aromatic nitrogens is 1. The minimum atomic E-state index is -0.474. The van der Waals surface area contributed by atoms with Crippen molar-refractivity contribution in [2.75, 3.05) is 18.5 Å². The number of carbonyl (C=O) groups excluding carboxylic acids is 2. The molecule has 1 heterocycles. The van der Waals surface area contributed by atoms with Gasteiger partial charge in [-0.05, 0) is 36.8 Å². The molecule has 30 heavy (non-hydrogen) atoms. The number of pyridine rings is 1. The summed E-state index contributed by atoms with van der Waals surface area (Å²) in [7, 11) is 0. The van der Waals surface area contributed by atoms with Gasteiger partial charge in [0.05, 0.1) is 6.61 Å². The first kappa shape index (κ1) is 21.1. The summed E-state index contributed by atoms with van der Waals surface area (Å²) in [6, 6.07) is 14.4. The number of ether oxygens (including phenoxy) is 1. The van der Waals surface area contributed by atoms with E-state index in [1.165, 1.54) is 6.20 Å². The Bertz CT molecular complexity index is 1120. The van der Waals surface area contributed by atoms with E-state index in [9.17, 15) is 14.4 Å². The summed E-state index contributed by atoms with van der Waals surface area (Å²) >= 11 is 0. The molecule has 0 saturated carbocycles. The Labute approximate surface area is 174 Å². The molecule has 0 unspecified atom stereocenters. The number of fused-ring (bicyclic) bond motifs is 1. The second-order valence-electron chi connectivity index (χ2n) is 7.57. The second-order valence-corrected chi connectivity index (χ2v) is 7.57. The van der Waals surface area contributed by atoms with Gasteiger partial charge in [0.2, 0.25) is 5.43 Å². The van der Waals surface area contributed by atoms with E-state index in [1.807, 2.05) is 32.0 Å². The van der Waals surface area contributed by atoms with Crippen LogP contribution in [0, 0.1) is 0 Å². The number of nitrogens with one attached hydrogen (secondary N) is 3. The van der Waals surface area contributed by atoms with Crippen LogP contribution in [0.4, 0.5) is 10.5 Å². The second kappa shape index (κ2) is 8.82. The molecular formula is C23H25N3O4. The van der Waals surface area contributed by atoms with Crippen LogP contribution in [0.15, 0.2) is 59.5 Å². The fraction of sp³-hybridized carbons (Fsp3) is 0.261. The topological polar surface area (TPSA) is 100 Å². The van der Waals surface area contributed by atoms with Crippen molar-refractivity contribution < 1.29 is 14.3 Å². The number of amides is 2. The molecule has 3 rings (SSSR count). The number of hydrogen-bond donors (Lipinski definition) is 3. The molecule has 0 radical (unpaired) electrons. The quantitative estimate of drug-likeness (QED) is 0.578. The molecular weight excluding hydrogens is 382 g/mol. The van der Waals surface area contributed by atoms with Gasteiger partial charge in [0.25, 0.3) is 5.91 Å². The Hall–Kier alpha value is -3.61. The molecule has 0 spiro atoms. The zero-order chi connectivity index (χ0) is 21.7. The molecule has 0 saturated heterocycles. The van der Waals surface area contributed by atoms with Crippen molar-refractivity contribution in [3.05, 3.63) is 76.1 Å². The minimum Gasteiger partial charge on any atom is -0.450 e. The Balaban J connectivity index is 1.71. The maximum atomic E-state index is 12.6. The Morgan fingerprint density at radius 2 is 1.77 bits per heavy atom. The molecule has 3 aromatic rings. The van der Waals surface area contributed by atoms with Crippen molar-refractivity contribution in [2.45, 2.75) is 26.2 Å². The summed E-state index contributed by atoms with van der Waals surface area (Å²) < 4.78 is 4.89. The number of rotatable bonds is 6. The zero-order valence-corrected chi connectivity index (χ0v) is 17.2. The molecule has 0 aliphatic carbocycles. The van der Waals surface area contributed by atoms with Gasteiger partial charge in [-0.1, -0.05) is 38.1 Å². The van der Waals surface area contributed by atoms with Gasteiger partial charge < -0.3 is 20.4 Å². The predicted molar refractivity (Wildman–Crippen MR) is 117 cm³/mol. The van der Waals surface area contributed by atoms with Crippen molar-refractivity contribution in [1.82, 2.24) is 10.3 Å². The van der Waals surface area contributed by atoms with Crippen molar-refractivity contribution in [3.63, 3.8) is 0 Å². The summed E-state index contributed by atoms with van der Waals surface area (Å²) in [5.74, 6) is -0.474. The van der Waals surface area contributed by atoms with Crippen LogP contribution in [0.5, 0.6) is 0 Å². The normalized spacial score (nSPS) is 11.2. The van der Waals surface area contributed by atoms with E-state index in [1.54, 1.807) is 37.3 Å². The van der Waals surface area contributed by atoms with Gasteiger partial charge in [-0.3, -0.25) is 9.59 Å². The lowest BCUT2D eigenvalue weighted by Crippen LogP contribution is -2.37. The van der Waals surface area contributed by atoms with Crippen LogP contribution in [0.2, 0.25) is 0 Å². The fourth-order valence-electron chi connectivity index (χ4n) is 3.12. The van der Waals surface area contributed by atoms with E-state index in [0.717, 1.165) is 5.56 Å². The predicted octanol–water partition coefficient (Wildman–Crippen LogP) is 3.80. The number of hydrogen-bond acceptors (Lipinski definition) is 4. The van der Waals surface area contributed by atoms with E-state index >= 15 is 0 Å². The van der Waals surface area contributed by atoms with Crippen LogP contribution in [-0.2, 0) is 10.2 Å². The number of para-hydroxylation sites is 1. The summed E-state index contributed by atoms with van der Waals surface area (Å²) in [6.07, 6.45) is 0.980. The van der Waals surface area contributed by atoms with E-state index < -0.39 is 12.0 Å². The van der Waals surface area contributed by atoms with Crippen LogP contribution in [0.3, 0.4) is 0 Å². The highest BCUT2D eigenvalue weighted by Gasteiger charge is 2.22. The summed E-state index contributed by atoms with van der Waals surface area (Å²) in [4.78, 5) is 39.7. The van der Waals surface area contributed by atoms with Crippen molar-refractivity contribution in [2.24, 2.45) is 0 Å². The first-order valence-corrected chi connectivity index (χ1v) is 9.75. The standard InChI is InChI=1S/C23H25N3O4/c1-4-30-22(29)25-14-23(2,3)15-9-11-16(12-10-15)26-21(28)18-13-24-19-8-6-5-7-17(19)20(18)27/h5-13H,4,14H2,1-3H3,(H,24,27)(H,25,29)(H,26,28). The molecule has 2 amide bonds. The summed E-state index contributed by atoms with van der Waals surface area (Å²) in [5.41, 5.74) is 1.65. The Morgan fingerprint density at radius 3 is 2.47 bits per heavy atom. The van der Waals surface area contributed by atoms with Crippen molar-refractivity contribution in [1.29, 1.82) is 0 Å². The number of anilines is 1. The van der Waals surface area contributed by atoms with Crippen molar-refractivity contribution in [3.8, 4) is 0 Å². The van der Waals surface area contributed by atoms with Crippen molar-refractivity contribution >= 4 is 28.6 Å². The number of carbonyl (C=O) groups is 2. The Kier molecular flexibility index (Phi) is 6.20. The number of H-pyrrole nitrogens is 1. The third kappa shape index (κ3) is 4.68. The van der Waals surface area contributed by atoms with Crippen LogP contribution in [0.1, 0.15) is 36.7 Å². The molecule has 2 aromatic carbocycles. The molecule has 156 valence electrons. The molecule has 7 heteroatoms. The maximum Gasteiger partial charge on any atom is 0.407 e. The lowest BCUT2D eigenvalue weighted by atomic mass is 9.84. The molecule has 3 N–H and O–H groups in total. The van der Waals surface area contributed by atoms with Gasteiger partial charge in [0, 0.05) is 34.7 Å². The van der Waals surface area contributed by atoms with E-state index in [4.69, 9.17) is 4.74 Å². The van der Waals surface area contributed by atoms with Crippen LogP contribution in [0.25, 0.3) is 10.9 Å². The first-order chi connectivity index (χ1) is 14.3. The maximum absolute atomic E-state index is 12.6. The van der Waals surface area contributed by atoms with E-state index in [-0.39, 0.29) is 16.4 Å². The number of benzene rings is 2. The van der Waals surface area contributed by atoms with Gasteiger partial charge in [0.1, 0.15) is 5.56 Å². The average molecular weight is 407 g/mol. The lowest BCUT2D eigenvalue weighted by Gasteiger charge is -2.25. The smallest absolute Gasteiger partial charge is 0.407 e. The van der Waals surface area contributed by atoms with Gasteiger partial charge >= 0.3 is 6.09 Å². The average Bonchev–Trinajstić information content (AvgIpc) is 2.73. The number of alkyl carbamates (subject to hydrolysis) is 1. The fourth-order valence-corrected chi connectivity index (χ4v) is 3.12. The third-order valence-corrected chi connectivity index (χ3v) is 4.91. The molecule has 0 aliphatic heterocycles. The molecule has 0 bridgehead atoms. The largest absolute Gasteiger partial charge is 0.450 e. The summed E-state index contributed by atoms with van der Waals surface area (Å²) in [6.45, 7) is 6.48. The van der Waals surface area contributed by atoms with E-state index in [2.05, 4.69) is 15.6 Å². The Morgan fingerprint density at radius 1 is 1.07 bits per heavy atom. The van der Waals surface area contributed by atoms with Gasteiger partial charge in [-0.2, -0.15) is 0 Å². The molecule has 0 fully saturated rings. The highest BCUT2D eigenvalue weighted by Crippen LogP contribution is 2.24. The highest BCUT2D eigenvalue weighted by molar-refractivity contribution is 6.05. The monoisotopic (exact) mass is 407 g/mol. The lowest BCUT2D eigenvalue weighted by molar-refractivity contribution is 0.102. The zero-order valence-electron chi connectivity index (χ0n) is 17.2. The molecule has 0 aliphatic rings. The molecule has 0 atom stereocenters. The van der Waals surface area contributed by atoms with Crippen LogP contribution < -0.4 is 16.1 Å². The molecule has 1 aromatic heterocycles. The van der Waals surface area contributed by atoms with Gasteiger partial charge in [-0.15, -0.1) is 0 Å². The highest BCUT2D eigenvalue weighted by atomic mass is 16.5. The SMILES string of the molecule is CCOC(=O)NCC(C)(C)c1ccc(NC(=O)c2c[nH]c3ccccc3c2=O)cc1. The van der Waals surface area contributed by atoms with Gasteiger partial charge in [-0.25, -0.2) is 4.79 Å². The van der Waals surface area contributed by atoms with Gasteiger partial charge in [0.15, 0.2) is 0 Å². The minimum absolute atomic E-state index is 0.0525. The molecule has 7 nitrogen and oxygen atoms in total.